The molecular weight excluding hydrogens is 420 g/mol. The number of aryl methyl sites for hydroxylation is 2. The van der Waals surface area contributed by atoms with Crippen LogP contribution in [0.1, 0.15) is 36.8 Å². The molecule has 3 fully saturated rings. The number of amides is 4. The van der Waals surface area contributed by atoms with E-state index in [1.807, 2.05) is 6.07 Å². The van der Waals surface area contributed by atoms with Gasteiger partial charge in [-0.3, -0.25) is 14.5 Å². The summed E-state index contributed by atoms with van der Waals surface area (Å²) in [5.41, 5.74) is 1.52. The van der Waals surface area contributed by atoms with Crippen molar-refractivity contribution in [1.29, 1.82) is 0 Å². The number of hydrogen-bond donors (Lipinski definition) is 1. The molecule has 4 aliphatic rings. The highest BCUT2D eigenvalue weighted by Gasteiger charge is 2.55. The van der Waals surface area contributed by atoms with Crippen molar-refractivity contribution in [2.45, 2.75) is 49.0 Å². The first-order chi connectivity index (χ1) is 14.8. The lowest BCUT2D eigenvalue weighted by Crippen LogP contribution is -2.54. The van der Waals surface area contributed by atoms with E-state index in [-0.39, 0.29) is 44.5 Å². The molecule has 0 atom stereocenters. The number of imide groups is 1. The maximum Gasteiger partial charge on any atom is 0.325 e. The molecular formula is C21H26N4O5S. The number of sulfonamides is 1. The standard InChI is InChI=1S/C21H26N4O5S/c26-18(14-25-19(27)21(7-2-8-21)22-20(25)28)23-9-11-24(12-10-23)31(29,30)17-6-5-15-3-1-4-16(15)13-17/h5-6,13H,1-4,7-12,14H2,(H,22,28). The lowest BCUT2D eigenvalue weighted by Gasteiger charge is -2.36. The predicted molar refractivity (Wildman–Crippen MR) is 111 cm³/mol. The molecule has 1 spiro atoms. The van der Waals surface area contributed by atoms with E-state index in [0.29, 0.717) is 17.7 Å². The molecule has 2 heterocycles. The molecule has 2 aliphatic heterocycles. The molecule has 166 valence electrons. The van der Waals surface area contributed by atoms with Crippen LogP contribution in [0.2, 0.25) is 0 Å². The SMILES string of the molecule is O=C(CN1C(=O)NC2(CCC2)C1=O)N1CCN(S(=O)(=O)c2ccc3c(c2)CCC3)CC1. The largest absolute Gasteiger partial charge is 0.338 e. The highest BCUT2D eigenvalue weighted by molar-refractivity contribution is 7.89. The van der Waals surface area contributed by atoms with Crippen LogP contribution >= 0.6 is 0 Å². The summed E-state index contributed by atoms with van der Waals surface area (Å²) in [6.45, 7) is 0.546. The molecule has 0 bridgehead atoms. The summed E-state index contributed by atoms with van der Waals surface area (Å²) < 4.78 is 27.5. The quantitative estimate of drug-likeness (QED) is 0.677. The summed E-state index contributed by atoms with van der Waals surface area (Å²) in [6.07, 6.45) is 5.07. The van der Waals surface area contributed by atoms with E-state index in [2.05, 4.69) is 5.32 Å². The Morgan fingerprint density at radius 2 is 1.71 bits per heavy atom. The number of urea groups is 1. The smallest absolute Gasteiger partial charge is 0.325 e. The van der Waals surface area contributed by atoms with Gasteiger partial charge in [0.05, 0.1) is 4.90 Å². The Morgan fingerprint density at radius 1 is 1.00 bits per heavy atom. The Kier molecular flexibility index (Phi) is 4.82. The highest BCUT2D eigenvalue weighted by atomic mass is 32.2. The van der Waals surface area contributed by atoms with Crippen LogP contribution in [0, 0.1) is 0 Å². The summed E-state index contributed by atoms with van der Waals surface area (Å²) in [5.74, 6) is -0.663. The lowest BCUT2D eigenvalue weighted by molar-refractivity contribution is -0.141. The van der Waals surface area contributed by atoms with Crippen LogP contribution in [0.5, 0.6) is 0 Å². The van der Waals surface area contributed by atoms with Crippen LogP contribution in [0.3, 0.4) is 0 Å². The Hall–Kier alpha value is -2.46. The minimum Gasteiger partial charge on any atom is -0.338 e. The van der Waals surface area contributed by atoms with E-state index < -0.39 is 21.6 Å². The Bertz CT molecular complexity index is 1060. The second-order valence-corrected chi connectivity index (χ2v) is 10.8. The van der Waals surface area contributed by atoms with E-state index in [1.165, 1.54) is 14.8 Å². The Morgan fingerprint density at radius 3 is 2.35 bits per heavy atom. The number of benzene rings is 1. The average molecular weight is 447 g/mol. The van der Waals surface area contributed by atoms with Crippen LogP contribution in [0.15, 0.2) is 23.1 Å². The number of nitrogens with one attached hydrogen (secondary N) is 1. The van der Waals surface area contributed by atoms with Crippen molar-refractivity contribution in [3.05, 3.63) is 29.3 Å². The Balaban J connectivity index is 1.21. The van der Waals surface area contributed by atoms with E-state index in [1.54, 1.807) is 12.1 Å². The molecule has 5 rings (SSSR count). The van der Waals surface area contributed by atoms with Crippen LogP contribution in [0.4, 0.5) is 4.79 Å². The minimum absolute atomic E-state index is 0.190. The summed E-state index contributed by atoms with van der Waals surface area (Å²) in [5, 5.41) is 2.72. The van der Waals surface area contributed by atoms with Gasteiger partial charge in [-0.05, 0) is 61.8 Å². The van der Waals surface area contributed by atoms with Crippen molar-refractivity contribution in [2.75, 3.05) is 32.7 Å². The molecule has 2 aliphatic carbocycles. The molecule has 9 nitrogen and oxygen atoms in total. The summed E-state index contributed by atoms with van der Waals surface area (Å²) >= 11 is 0. The average Bonchev–Trinajstić information content (AvgIpc) is 3.31. The number of fused-ring (bicyclic) bond motifs is 1. The molecule has 31 heavy (non-hydrogen) atoms. The Labute approximate surface area is 181 Å². The van der Waals surface area contributed by atoms with E-state index in [9.17, 15) is 22.8 Å². The van der Waals surface area contributed by atoms with Gasteiger partial charge in [0.1, 0.15) is 12.1 Å². The molecule has 1 saturated carbocycles. The van der Waals surface area contributed by atoms with Gasteiger partial charge in [0, 0.05) is 26.2 Å². The molecule has 2 saturated heterocycles. The zero-order chi connectivity index (χ0) is 21.8. The van der Waals surface area contributed by atoms with Gasteiger partial charge in [-0.1, -0.05) is 6.07 Å². The third kappa shape index (κ3) is 3.32. The third-order valence-corrected chi connectivity index (χ3v) is 8.94. The highest BCUT2D eigenvalue weighted by Crippen LogP contribution is 2.37. The van der Waals surface area contributed by atoms with Gasteiger partial charge in [0.2, 0.25) is 15.9 Å². The first kappa shape index (κ1) is 20.4. The number of rotatable bonds is 4. The molecule has 1 aromatic rings. The van der Waals surface area contributed by atoms with Crippen molar-refractivity contribution in [2.24, 2.45) is 0 Å². The molecule has 0 aromatic heterocycles. The summed E-state index contributed by atoms with van der Waals surface area (Å²) in [7, 11) is -3.62. The van der Waals surface area contributed by atoms with Crippen LogP contribution in [-0.2, 0) is 32.5 Å². The predicted octanol–water partition coefficient (Wildman–Crippen LogP) is 0.483. The number of hydrogen-bond acceptors (Lipinski definition) is 5. The molecule has 1 aromatic carbocycles. The number of piperazine rings is 1. The topological polar surface area (TPSA) is 107 Å². The first-order valence-electron chi connectivity index (χ1n) is 10.8. The van der Waals surface area contributed by atoms with Gasteiger partial charge in [-0.25, -0.2) is 13.2 Å². The molecule has 1 N–H and O–H groups in total. The monoisotopic (exact) mass is 446 g/mol. The normalized spacial score (nSPS) is 23.1. The van der Waals surface area contributed by atoms with E-state index in [4.69, 9.17) is 0 Å². The fraction of sp³-hybridized carbons (Fsp3) is 0.571. The molecule has 0 unspecified atom stereocenters. The van der Waals surface area contributed by atoms with Gasteiger partial charge in [-0.15, -0.1) is 0 Å². The van der Waals surface area contributed by atoms with Gasteiger partial charge in [0.15, 0.2) is 0 Å². The zero-order valence-electron chi connectivity index (χ0n) is 17.3. The second kappa shape index (κ2) is 7.30. The van der Waals surface area contributed by atoms with Gasteiger partial charge >= 0.3 is 6.03 Å². The van der Waals surface area contributed by atoms with E-state index >= 15 is 0 Å². The van der Waals surface area contributed by atoms with Gasteiger partial charge < -0.3 is 10.2 Å². The first-order valence-corrected chi connectivity index (χ1v) is 12.3. The van der Waals surface area contributed by atoms with Gasteiger partial charge in [-0.2, -0.15) is 4.31 Å². The van der Waals surface area contributed by atoms with Crippen LogP contribution in [-0.4, -0.2) is 78.6 Å². The minimum atomic E-state index is -3.62. The van der Waals surface area contributed by atoms with E-state index in [0.717, 1.165) is 36.1 Å². The fourth-order valence-electron chi connectivity index (χ4n) is 4.96. The second-order valence-electron chi connectivity index (χ2n) is 8.83. The number of carbonyl (C=O) groups is 3. The lowest BCUT2D eigenvalue weighted by atomic mass is 9.77. The molecule has 10 heteroatoms. The number of carbonyl (C=O) groups excluding carboxylic acids is 3. The van der Waals surface area contributed by atoms with Crippen molar-refractivity contribution in [1.82, 2.24) is 19.4 Å². The summed E-state index contributed by atoms with van der Waals surface area (Å²) in [6, 6.07) is 4.84. The van der Waals surface area contributed by atoms with Crippen molar-refractivity contribution in [3.8, 4) is 0 Å². The fourth-order valence-corrected chi connectivity index (χ4v) is 6.43. The maximum absolute atomic E-state index is 13.1. The number of nitrogens with zero attached hydrogens (tertiary/aromatic N) is 3. The molecule has 4 amide bonds. The van der Waals surface area contributed by atoms with Crippen molar-refractivity contribution < 1.29 is 22.8 Å². The van der Waals surface area contributed by atoms with Crippen LogP contribution in [0.25, 0.3) is 0 Å². The summed E-state index contributed by atoms with van der Waals surface area (Å²) in [4.78, 5) is 40.2. The van der Waals surface area contributed by atoms with Crippen molar-refractivity contribution >= 4 is 27.9 Å². The van der Waals surface area contributed by atoms with Crippen LogP contribution < -0.4 is 5.32 Å². The third-order valence-electron chi connectivity index (χ3n) is 7.05. The van der Waals surface area contributed by atoms with Crippen molar-refractivity contribution in [3.63, 3.8) is 0 Å². The maximum atomic E-state index is 13.1. The van der Waals surface area contributed by atoms with Gasteiger partial charge in [0.25, 0.3) is 5.91 Å². The molecule has 0 radical (unpaired) electrons. The zero-order valence-corrected chi connectivity index (χ0v) is 18.1.